The SMILES string of the molecule is CCC(CCO)NCC(=O)Nc1cccc(F)c1. The summed E-state index contributed by atoms with van der Waals surface area (Å²) in [4.78, 5) is 11.6. The summed E-state index contributed by atoms with van der Waals surface area (Å²) in [6.07, 6.45) is 1.46. The summed E-state index contributed by atoms with van der Waals surface area (Å²) in [6, 6.07) is 5.88. The maximum atomic E-state index is 12.9. The van der Waals surface area contributed by atoms with Gasteiger partial charge in [-0.2, -0.15) is 0 Å². The Kier molecular flexibility index (Phi) is 6.32. The quantitative estimate of drug-likeness (QED) is 0.691. The first kappa shape index (κ1) is 14.6. The Morgan fingerprint density at radius 2 is 2.28 bits per heavy atom. The van der Waals surface area contributed by atoms with E-state index in [2.05, 4.69) is 10.6 Å². The maximum Gasteiger partial charge on any atom is 0.238 e. The third kappa shape index (κ3) is 5.25. The number of halogens is 1. The van der Waals surface area contributed by atoms with E-state index in [0.717, 1.165) is 6.42 Å². The minimum Gasteiger partial charge on any atom is -0.396 e. The second kappa shape index (κ2) is 7.79. The van der Waals surface area contributed by atoms with Gasteiger partial charge in [0, 0.05) is 18.3 Å². The molecule has 0 aliphatic rings. The Balaban J connectivity index is 2.37. The van der Waals surface area contributed by atoms with E-state index in [4.69, 9.17) is 5.11 Å². The maximum absolute atomic E-state index is 12.9. The average molecular weight is 254 g/mol. The topological polar surface area (TPSA) is 61.4 Å². The van der Waals surface area contributed by atoms with Gasteiger partial charge in [-0.15, -0.1) is 0 Å². The molecule has 0 aliphatic carbocycles. The fourth-order valence-electron chi connectivity index (χ4n) is 1.61. The van der Waals surface area contributed by atoms with Crippen LogP contribution in [0.15, 0.2) is 24.3 Å². The number of hydrogen-bond acceptors (Lipinski definition) is 3. The number of rotatable bonds is 7. The van der Waals surface area contributed by atoms with E-state index in [9.17, 15) is 9.18 Å². The van der Waals surface area contributed by atoms with E-state index in [-0.39, 0.29) is 30.9 Å². The van der Waals surface area contributed by atoms with Crippen molar-refractivity contribution in [3.8, 4) is 0 Å². The monoisotopic (exact) mass is 254 g/mol. The summed E-state index contributed by atoms with van der Waals surface area (Å²) in [5, 5.41) is 14.5. The lowest BCUT2D eigenvalue weighted by molar-refractivity contribution is -0.115. The molecule has 100 valence electrons. The van der Waals surface area contributed by atoms with E-state index in [1.807, 2.05) is 6.92 Å². The van der Waals surface area contributed by atoms with Crippen molar-refractivity contribution in [1.82, 2.24) is 5.32 Å². The normalized spacial score (nSPS) is 12.2. The van der Waals surface area contributed by atoms with Crippen LogP contribution in [0.1, 0.15) is 19.8 Å². The first-order valence-electron chi connectivity index (χ1n) is 6.05. The van der Waals surface area contributed by atoms with Crippen molar-refractivity contribution in [2.45, 2.75) is 25.8 Å². The Hall–Kier alpha value is -1.46. The van der Waals surface area contributed by atoms with Gasteiger partial charge in [0.15, 0.2) is 0 Å². The second-order valence-corrected chi connectivity index (χ2v) is 4.06. The molecule has 0 radical (unpaired) electrons. The number of hydrogen-bond donors (Lipinski definition) is 3. The molecule has 0 saturated carbocycles. The highest BCUT2D eigenvalue weighted by atomic mass is 19.1. The van der Waals surface area contributed by atoms with Gasteiger partial charge in [0.1, 0.15) is 5.82 Å². The molecule has 4 nitrogen and oxygen atoms in total. The van der Waals surface area contributed by atoms with Gasteiger partial charge in [0.05, 0.1) is 6.54 Å². The first-order chi connectivity index (χ1) is 8.65. The van der Waals surface area contributed by atoms with Crippen LogP contribution in [0.5, 0.6) is 0 Å². The lowest BCUT2D eigenvalue weighted by atomic mass is 10.1. The molecule has 1 aromatic rings. The molecule has 0 saturated heterocycles. The van der Waals surface area contributed by atoms with Crippen LogP contribution in [0, 0.1) is 5.82 Å². The number of benzene rings is 1. The highest BCUT2D eigenvalue weighted by Crippen LogP contribution is 2.08. The number of nitrogens with one attached hydrogen (secondary N) is 2. The highest BCUT2D eigenvalue weighted by molar-refractivity contribution is 5.92. The summed E-state index contributed by atoms with van der Waals surface area (Å²) in [5.74, 6) is -0.607. The van der Waals surface area contributed by atoms with Gasteiger partial charge in [-0.1, -0.05) is 13.0 Å². The van der Waals surface area contributed by atoms with Gasteiger partial charge in [0.25, 0.3) is 0 Å². The molecule has 1 unspecified atom stereocenters. The number of carbonyl (C=O) groups excluding carboxylic acids is 1. The van der Waals surface area contributed by atoms with Crippen LogP contribution in [0.3, 0.4) is 0 Å². The van der Waals surface area contributed by atoms with Crippen molar-refractivity contribution in [2.24, 2.45) is 0 Å². The fraction of sp³-hybridized carbons (Fsp3) is 0.462. The number of anilines is 1. The molecule has 0 fully saturated rings. The van der Waals surface area contributed by atoms with E-state index >= 15 is 0 Å². The zero-order valence-corrected chi connectivity index (χ0v) is 10.4. The van der Waals surface area contributed by atoms with Crippen LogP contribution < -0.4 is 10.6 Å². The molecule has 5 heteroatoms. The largest absolute Gasteiger partial charge is 0.396 e. The van der Waals surface area contributed by atoms with Gasteiger partial charge >= 0.3 is 0 Å². The molecule has 1 atom stereocenters. The number of amides is 1. The van der Waals surface area contributed by atoms with Crippen molar-refractivity contribution >= 4 is 11.6 Å². The lowest BCUT2D eigenvalue weighted by Crippen LogP contribution is -2.36. The smallest absolute Gasteiger partial charge is 0.238 e. The van der Waals surface area contributed by atoms with Gasteiger partial charge in [0.2, 0.25) is 5.91 Å². The number of carbonyl (C=O) groups is 1. The lowest BCUT2D eigenvalue weighted by Gasteiger charge is -2.15. The fourth-order valence-corrected chi connectivity index (χ4v) is 1.61. The standard InChI is InChI=1S/C13H19FN2O2/c1-2-11(6-7-17)15-9-13(18)16-12-5-3-4-10(14)8-12/h3-5,8,11,15,17H,2,6-7,9H2,1H3,(H,16,18). The molecule has 0 spiro atoms. The van der Waals surface area contributed by atoms with Crippen LogP contribution in [0.25, 0.3) is 0 Å². The molecule has 0 bridgehead atoms. The summed E-state index contributed by atoms with van der Waals surface area (Å²) in [6.45, 7) is 2.23. The Bertz CT molecular complexity index is 385. The third-order valence-corrected chi connectivity index (χ3v) is 2.63. The molecular formula is C13H19FN2O2. The predicted octanol–water partition coefficient (Wildman–Crippen LogP) is 1.51. The molecule has 18 heavy (non-hydrogen) atoms. The molecule has 1 aromatic carbocycles. The van der Waals surface area contributed by atoms with E-state index in [0.29, 0.717) is 12.1 Å². The Morgan fingerprint density at radius 3 is 2.89 bits per heavy atom. The minimum atomic E-state index is -0.382. The van der Waals surface area contributed by atoms with Gasteiger partial charge < -0.3 is 15.7 Å². The molecule has 3 N–H and O–H groups in total. The zero-order chi connectivity index (χ0) is 13.4. The highest BCUT2D eigenvalue weighted by Gasteiger charge is 2.08. The van der Waals surface area contributed by atoms with Crippen molar-refractivity contribution in [3.63, 3.8) is 0 Å². The molecule has 1 rings (SSSR count). The second-order valence-electron chi connectivity index (χ2n) is 4.06. The minimum absolute atomic E-state index is 0.0943. The molecule has 0 heterocycles. The van der Waals surface area contributed by atoms with Crippen molar-refractivity contribution in [1.29, 1.82) is 0 Å². The van der Waals surface area contributed by atoms with Crippen LogP contribution in [0.2, 0.25) is 0 Å². The van der Waals surface area contributed by atoms with Crippen LogP contribution in [0.4, 0.5) is 10.1 Å². The molecule has 1 amide bonds. The predicted molar refractivity (Wildman–Crippen MR) is 68.8 cm³/mol. The van der Waals surface area contributed by atoms with E-state index in [1.54, 1.807) is 12.1 Å². The molecule has 0 aromatic heterocycles. The average Bonchev–Trinajstić information content (AvgIpc) is 2.34. The van der Waals surface area contributed by atoms with Crippen molar-refractivity contribution in [3.05, 3.63) is 30.1 Å². The molecule has 0 aliphatic heterocycles. The van der Waals surface area contributed by atoms with Crippen molar-refractivity contribution in [2.75, 3.05) is 18.5 Å². The summed E-state index contributed by atoms with van der Waals surface area (Å²) in [7, 11) is 0. The third-order valence-electron chi connectivity index (χ3n) is 2.63. The Labute approximate surface area is 106 Å². The van der Waals surface area contributed by atoms with E-state index in [1.165, 1.54) is 12.1 Å². The number of aliphatic hydroxyl groups is 1. The molecular weight excluding hydrogens is 235 g/mol. The number of aliphatic hydroxyl groups excluding tert-OH is 1. The van der Waals surface area contributed by atoms with Gasteiger partial charge in [-0.05, 0) is 31.0 Å². The van der Waals surface area contributed by atoms with Crippen LogP contribution in [-0.2, 0) is 4.79 Å². The first-order valence-corrected chi connectivity index (χ1v) is 6.05. The van der Waals surface area contributed by atoms with Gasteiger partial charge in [-0.3, -0.25) is 4.79 Å². The summed E-state index contributed by atoms with van der Waals surface area (Å²) >= 11 is 0. The van der Waals surface area contributed by atoms with E-state index < -0.39 is 0 Å². The van der Waals surface area contributed by atoms with Crippen LogP contribution >= 0.6 is 0 Å². The van der Waals surface area contributed by atoms with Crippen molar-refractivity contribution < 1.29 is 14.3 Å². The van der Waals surface area contributed by atoms with Gasteiger partial charge in [-0.25, -0.2) is 4.39 Å². The van der Waals surface area contributed by atoms with Crippen LogP contribution in [-0.4, -0.2) is 30.2 Å². The Morgan fingerprint density at radius 1 is 1.50 bits per heavy atom. The summed E-state index contributed by atoms with van der Waals surface area (Å²) < 4.78 is 12.9. The zero-order valence-electron chi connectivity index (χ0n) is 10.4. The summed E-state index contributed by atoms with van der Waals surface area (Å²) in [5.41, 5.74) is 0.442.